The lowest BCUT2D eigenvalue weighted by Gasteiger charge is -2.31. The van der Waals surface area contributed by atoms with Crippen molar-refractivity contribution in [2.75, 3.05) is 38.3 Å². The molecule has 1 aromatic carbocycles. The number of piperidine rings is 1. The summed E-state index contributed by atoms with van der Waals surface area (Å²) in [6.07, 6.45) is 2.05. The van der Waals surface area contributed by atoms with Crippen LogP contribution < -0.4 is 10.2 Å². The first-order valence-electron chi connectivity index (χ1n) is 7.83. The highest BCUT2D eigenvalue weighted by molar-refractivity contribution is 5.95. The van der Waals surface area contributed by atoms with Crippen molar-refractivity contribution in [1.82, 2.24) is 5.32 Å². The van der Waals surface area contributed by atoms with Crippen LogP contribution >= 0.6 is 0 Å². The average molecular weight is 321 g/mol. The van der Waals surface area contributed by atoms with Gasteiger partial charge in [-0.25, -0.2) is 0 Å². The Bertz CT molecular complexity index is 568. The van der Waals surface area contributed by atoms with Crippen molar-refractivity contribution in [2.45, 2.75) is 19.8 Å². The van der Waals surface area contributed by atoms with Gasteiger partial charge in [0, 0.05) is 38.4 Å². The standard InChI is InChI=1S/C16H23N3O4/c1-12-5-8-18(9-6-12)14-4-3-13(11-15(14)19(21)22)16(20)17-7-10-23-2/h3-4,11-12H,5-10H2,1-2H3,(H,17,20). The van der Waals surface area contributed by atoms with E-state index in [1.807, 2.05) is 4.90 Å². The summed E-state index contributed by atoms with van der Waals surface area (Å²) < 4.78 is 4.87. The van der Waals surface area contributed by atoms with Crippen LogP contribution in [0, 0.1) is 16.0 Å². The van der Waals surface area contributed by atoms with Crippen LogP contribution in [0.4, 0.5) is 11.4 Å². The largest absolute Gasteiger partial charge is 0.383 e. The van der Waals surface area contributed by atoms with Gasteiger partial charge in [0.05, 0.1) is 11.5 Å². The highest BCUT2D eigenvalue weighted by Crippen LogP contribution is 2.32. The Morgan fingerprint density at radius 3 is 2.74 bits per heavy atom. The zero-order valence-electron chi connectivity index (χ0n) is 13.6. The van der Waals surface area contributed by atoms with Gasteiger partial charge in [-0.15, -0.1) is 0 Å². The molecule has 1 fully saturated rings. The maximum absolute atomic E-state index is 12.0. The number of ether oxygens (including phenoxy) is 1. The van der Waals surface area contributed by atoms with Crippen molar-refractivity contribution in [1.29, 1.82) is 0 Å². The Morgan fingerprint density at radius 2 is 2.13 bits per heavy atom. The minimum atomic E-state index is -0.417. The average Bonchev–Trinajstić information content (AvgIpc) is 2.55. The lowest BCUT2D eigenvalue weighted by Crippen LogP contribution is -2.33. The van der Waals surface area contributed by atoms with E-state index in [9.17, 15) is 14.9 Å². The summed E-state index contributed by atoms with van der Waals surface area (Å²) in [6, 6.07) is 4.68. The number of anilines is 1. The summed E-state index contributed by atoms with van der Waals surface area (Å²) in [4.78, 5) is 25.0. The summed E-state index contributed by atoms with van der Waals surface area (Å²) in [7, 11) is 1.55. The molecule has 1 aliphatic heterocycles. The Hall–Kier alpha value is -2.15. The van der Waals surface area contributed by atoms with Crippen LogP contribution in [-0.2, 0) is 4.74 Å². The Kier molecular flexibility index (Phi) is 5.92. The number of carbonyl (C=O) groups excluding carboxylic acids is 1. The first-order valence-corrected chi connectivity index (χ1v) is 7.83. The zero-order chi connectivity index (χ0) is 16.8. The van der Waals surface area contributed by atoms with Gasteiger partial charge in [-0.3, -0.25) is 14.9 Å². The van der Waals surface area contributed by atoms with Crippen LogP contribution in [0.15, 0.2) is 18.2 Å². The van der Waals surface area contributed by atoms with Gasteiger partial charge in [-0.1, -0.05) is 6.92 Å². The second-order valence-corrected chi connectivity index (χ2v) is 5.88. The Labute approximate surface area is 135 Å². The topological polar surface area (TPSA) is 84.7 Å². The first-order chi connectivity index (χ1) is 11.0. The van der Waals surface area contributed by atoms with Crippen LogP contribution in [0.1, 0.15) is 30.1 Å². The number of benzene rings is 1. The van der Waals surface area contributed by atoms with Crippen molar-refractivity contribution < 1.29 is 14.5 Å². The molecule has 0 spiro atoms. The summed E-state index contributed by atoms with van der Waals surface area (Å²) in [5.74, 6) is 0.320. The van der Waals surface area contributed by atoms with Gasteiger partial charge in [-0.2, -0.15) is 0 Å². The first kappa shape index (κ1) is 17.2. The third-order valence-corrected chi connectivity index (χ3v) is 4.15. The SMILES string of the molecule is COCCNC(=O)c1ccc(N2CCC(C)CC2)c([N+](=O)[O-])c1. The van der Waals surface area contributed by atoms with E-state index >= 15 is 0 Å². The molecule has 1 heterocycles. The number of nitrogens with zero attached hydrogens (tertiary/aromatic N) is 2. The number of carbonyl (C=O) groups is 1. The number of amides is 1. The number of hydrogen-bond acceptors (Lipinski definition) is 5. The fourth-order valence-corrected chi connectivity index (χ4v) is 2.70. The van der Waals surface area contributed by atoms with Gasteiger partial charge < -0.3 is 15.0 Å². The molecule has 126 valence electrons. The lowest BCUT2D eigenvalue weighted by molar-refractivity contribution is -0.384. The fraction of sp³-hybridized carbons (Fsp3) is 0.562. The molecule has 7 heteroatoms. The van der Waals surface area contributed by atoms with Crippen molar-refractivity contribution in [3.05, 3.63) is 33.9 Å². The molecule has 1 N–H and O–H groups in total. The molecule has 7 nitrogen and oxygen atoms in total. The Balaban J connectivity index is 2.18. The molecule has 0 radical (unpaired) electrons. The second kappa shape index (κ2) is 7.92. The van der Waals surface area contributed by atoms with Crippen LogP contribution in [0.25, 0.3) is 0 Å². The number of methoxy groups -OCH3 is 1. The maximum atomic E-state index is 12.0. The zero-order valence-corrected chi connectivity index (χ0v) is 13.6. The fourth-order valence-electron chi connectivity index (χ4n) is 2.70. The highest BCUT2D eigenvalue weighted by atomic mass is 16.6. The van der Waals surface area contributed by atoms with Crippen molar-refractivity contribution >= 4 is 17.3 Å². The van der Waals surface area contributed by atoms with Gasteiger partial charge in [0.15, 0.2) is 0 Å². The van der Waals surface area contributed by atoms with Crippen LogP contribution in [0.2, 0.25) is 0 Å². The van der Waals surface area contributed by atoms with Crippen LogP contribution in [0.3, 0.4) is 0 Å². The van der Waals surface area contributed by atoms with E-state index in [-0.39, 0.29) is 11.6 Å². The third-order valence-electron chi connectivity index (χ3n) is 4.15. The van der Waals surface area contributed by atoms with E-state index in [1.165, 1.54) is 6.07 Å². The molecule has 23 heavy (non-hydrogen) atoms. The molecule has 1 saturated heterocycles. The van der Waals surface area contributed by atoms with Gasteiger partial charge in [0.2, 0.25) is 0 Å². The summed E-state index contributed by atoms with van der Waals surface area (Å²) in [5, 5.41) is 14.1. The molecule has 0 saturated carbocycles. The predicted octanol–water partition coefficient (Wildman–Crippen LogP) is 2.21. The van der Waals surface area contributed by atoms with E-state index < -0.39 is 4.92 Å². The van der Waals surface area contributed by atoms with Crippen LogP contribution in [0.5, 0.6) is 0 Å². The number of nitrogens with one attached hydrogen (secondary N) is 1. The third kappa shape index (κ3) is 4.41. The summed E-state index contributed by atoms with van der Waals surface area (Å²) >= 11 is 0. The lowest BCUT2D eigenvalue weighted by atomic mass is 9.98. The quantitative estimate of drug-likeness (QED) is 0.493. The molecular weight excluding hydrogens is 298 g/mol. The molecule has 2 rings (SSSR count). The van der Waals surface area contributed by atoms with E-state index in [0.29, 0.717) is 30.3 Å². The Morgan fingerprint density at radius 1 is 1.43 bits per heavy atom. The molecule has 1 amide bonds. The molecule has 0 aliphatic carbocycles. The van der Waals surface area contributed by atoms with Crippen molar-refractivity contribution in [2.24, 2.45) is 5.92 Å². The smallest absolute Gasteiger partial charge is 0.293 e. The predicted molar refractivity (Wildman–Crippen MR) is 87.9 cm³/mol. The van der Waals surface area contributed by atoms with Crippen molar-refractivity contribution in [3.8, 4) is 0 Å². The minimum absolute atomic E-state index is 0.0149. The molecule has 0 unspecified atom stereocenters. The number of rotatable bonds is 6. The molecule has 0 atom stereocenters. The van der Waals surface area contributed by atoms with E-state index in [0.717, 1.165) is 25.9 Å². The van der Waals surface area contributed by atoms with Gasteiger partial charge >= 0.3 is 0 Å². The molecule has 1 aliphatic rings. The van der Waals surface area contributed by atoms with Crippen LogP contribution in [-0.4, -0.2) is 44.2 Å². The molecular formula is C16H23N3O4. The number of nitro groups is 1. The minimum Gasteiger partial charge on any atom is -0.383 e. The van der Waals surface area contributed by atoms with E-state index in [2.05, 4.69) is 12.2 Å². The highest BCUT2D eigenvalue weighted by Gasteiger charge is 2.24. The summed E-state index contributed by atoms with van der Waals surface area (Å²) in [5.41, 5.74) is 0.871. The monoisotopic (exact) mass is 321 g/mol. The number of nitro benzene ring substituents is 1. The molecule has 1 aromatic rings. The summed E-state index contributed by atoms with van der Waals surface area (Å²) in [6.45, 7) is 4.58. The molecule has 0 bridgehead atoms. The van der Waals surface area contributed by atoms with Gasteiger partial charge in [0.1, 0.15) is 5.69 Å². The molecule has 0 aromatic heterocycles. The van der Waals surface area contributed by atoms with E-state index in [4.69, 9.17) is 4.74 Å². The second-order valence-electron chi connectivity index (χ2n) is 5.88. The normalized spacial score (nSPS) is 15.5. The maximum Gasteiger partial charge on any atom is 0.293 e. The number of hydrogen-bond donors (Lipinski definition) is 1. The van der Waals surface area contributed by atoms with Gasteiger partial charge in [0.25, 0.3) is 11.6 Å². The van der Waals surface area contributed by atoms with E-state index in [1.54, 1.807) is 19.2 Å². The van der Waals surface area contributed by atoms with Crippen molar-refractivity contribution in [3.63, 3.8) is 0 Å². The van der Waals surface area contributed by atoms with Gasteiger partial charge in [-0.05, 0) is 30.9 Å².